The molecule has 2 aromatic carbocycles. The first-order chi connectivity index (χ1) is 9.51. The highest BCUT2D eigenvalue weighted by atomic mass is 14.2. The zero-order valence-corrected chi connectivity index (χ0v) is 13.7. The third-order valence-corrected chi connectivity index (χ3v) is 4.85. The molecule has 2 aromatic rings. The van der Waals surface area contributed by atoms with Crippen LogP contribution in [0.2, 0.25) is 0 Å². The second-order valence-corrected chi connectivity index (χ2v) is 5.75. The van der Waals surface area contributed by atoms with Crippen molar-refractivity contribution in [1.29, 1.82) is 0 Å². The molecule has 0 heterocycles. The molecule has 0 atom stereocenters. The molecule has 0 fully saturated rings. The summed E-state index contributed by atoms with van der Waals surface area (Å²) in [6.45, 7) is 13.5. The predicted molar refractivity (Wildman–Crippen MR) is 89.6 cm³/mol. The number of rotatable bonds is 3. The molecule has 0 aromatic heterocycles. The summed E-state index contributed by atoms with van der Waals surface area (Å²) >= 11 is 0. The van der Waals surface area contributed by atoms with Crippen molar-refractivity contribution in [2.24, 2.45) is 0 Å². The largest absolute Gasteiger partial charge is 0.0613 e. The molecule has 0 saturated heterocycles. The Bertz CT molecular complexity index is 575. The maximum atomic E-state index is 2.30. The van der Waals surface area contributed by atoms with Crippen LogP contribution in [0.5, 0.6) is 0 Å². The third kappa shape index (κ3) is 2.40. The number of hydrogen-bond donors (Lipinski definition) is 0. The maximum Gasteiger partial charge on any atom is -0.0149 e. The molecule has 0 N–H and O–H groups in total. The molecule has 0 bridgehead atoms. The second-order valence-electron chi connectivity index (χ2n) is 5.75. The van der Waals surface area contributed by atoms with Crippen LogP contribution in [0.15, 0.2) is 24.3 Å². The topological polar surface area (TPSA) is 0 Å². The van der Waals surface area contributed by atoms with Crippen molar-refractivity contribution in [2.75, 3.05) is 0 Å². The van der Waals surface area contributed by atoms with E-state index in [1.165, 1.54) is 44.5 Å². The van der Waals surface area contributed by atoms with Crippen molar-refractivity contribution in [1.82, 2.24) is 0 Å². The van der Waals surface area contributed by atoms with Crippen LogP contribution in [-0.4, -0.2) is 0 Å². The first-order valence-electron chi connectivity index (χ1n) is 7.69. The molecule has 106 valence electrons. The van der Waals surface area contributed by atoms with E-state index < -0.39 is 0 Å². The summed E-state index contributed by atoms with van der Waals surface area (Å²) in [6.07, 6.45) is 2.22. The molecule has 0 heteroatoms. The summed E-state index contributed by atoms with van der Waals surface area (Å²) in [5, 5.41) is 0. The number of benzene rings is 2. The summed E-state index contributed by atoms with van der Waals surface area (Å²) < 4.78 is 0. The van der Waals surface area contributed by atoms with Gasteiger partial charge >= 0.3 is 0 Å². The van der Waals surface area contributed by atoms with Gasteiger partial charge in [-0.1, -0.05) is 38.1 Å². The first-order valence-corrected chi connectivity index (χ1v) is 7.69. The van der Waals surface area contributed by atoms with E-state index in [9.17, 15) is 0 Å². The van der Waals surface area contributed by atoms with E-state index in [1.807, 2.05) is 0 Å². The molecule has 0 spiro atoms. The van der Waals surface area contributed by atoms with Gasteiger partial charge in [-0.05, 0) is 85.0 Å². The molecule has 0 unspecified atom stereocenters. The highest BCUT2D eigenvalue weighted by Gasteiger charge is 2.11. The Morgan fingerprint density at radius 3 is 1.20 bits per heavy atom. The molecule has 0 nitrogen and oxygen atoms in total. The van der Waals surface area contributed by atoms with Crippen molar-refractivity contribution in [3.8, 4) is 11.1 Å². The summed E-state index contributed by atoms with van der Waals surface area (Å²) in [5.41, 5.74) is 11.5. The zero-order valence-electron chi connectivity index (χ0n) is 13.7. The normalized spacial score (nSPS) is 10.9. The van der Waals surface area contributed by atoms with Gasteiger partial charge in [-0.2, -0.15) is 0 Å². The Morgan fingerprint density at radius 2 is 0.900 bits per heavy atom. The van der Waals surface area contributed by atoms with Gasteiger partial charge < -0.3 is 0 Å². The predicted octanol–water partition coefficient (Wildman–Crippen LogP) is 5.71. The van der Waals surface area contributed by atoms with Gasteiger partial charge in [-0.25, -0.2) is 0 Å². The van der Waals surface area contributed by atoms with Crippen LogP contribution in [0.3, 0.4) is 0 Å². The van der Waals surface area contributed by atoms with E-state index in [1.54, 1.807) is 0 Å². The van der Waals surface area contributed by atoms with Gasteiger partial charge in [-0.3, -0.25) is 0 Å². The van der Waals surface area contributed by atoms with Crippen LogP contribution < -0.4 is 0 Å². The van der Waals surface area contributed by atoms with Crippen molar-refractivity contribution in [2.45, 2.75) is 54.4 Å². The van der Waals surface area contributed by atoms with Gasteiger partial charge in [0, 0.05) is 0 Å². The first kappa shape index (κ1) is 14.8. The number of hydrogen-bond acceptors (Lipinski definition) is 0. The Kier molecular flexibility index (Phi) is 4.32. The van der Waals surface area contributed by atoms with Crippen LogP contribution in [0.1, 0.15) is 47.2 Å². The monoisotopic (exact) mass is 266 g/mol. The van der Waals surface area contributed by atoms with Crippen LogP contribution in [0.25, 0.3) is 11.1 Å². The average Bonchev–Trinajstić information content (AvgIpc) is 2.45. The highest BCUT2D eigenvalue weighted by molar-refractivity contribution is 5.73. The van der Waals surface area contributed by atoms with E-state index in [-0.39, 0.29) is 0 Å². The average molecular weight is 266 g/mol. The van der Waals surface area contributed by atoms with Crippen LogP contribution in [0, 0.1) is 27.7 Å². The van der Waals surface area contributed by atoms with Crippen molar-refractivity contribution >= 4 is 0 Å². The molecule has 0 amide bonds. The molecular formula is C20H26. The fourth-order valence-corrected chi connectivity index (χ4v) is 3.10. The lowest BCUT2D eigenvalue weighted by atomic mass is 9.88. The Hall–Kier alpha value is -1.56. The lowest BCUT2D eigenvalue weighted by molar-refractivity contribution is 1.09. The quantitative estimate of drug-likeness (QED) is 0.667. The summed E-state index contributed by atoms with van der Waals surface area (Å²) in [5.74, 6) is 0. The van der Waals surface area contributed by atoms with Crippen LogP contribution >= 0.6 is 0 Å². The van der Waals surface area contributed by atoms with Gasteiger partial charge in [0.05, 0.1) is 0 Å². The standard InChI is InChI=1S/C20H26/c1-7-17-9-11-19(15(5)13(17)3)20-12-10-18(8-2)14(4)16(20)6/h9-12H,7-8H2,1-6H3. The molecule has 0 aliphatic rings. The fraction of sp³-hybridized carbons (Fsp3) is 0.400. The molecule has 20 heavy (non-hydrogen) atoms. The molecular weight excluding hydrogens is 240 g/mol. The second kappa shape index (κ2) is 5.83. The maximum absolute atomic E-state index is 2.30. The Morgan fingerprint density at radius 1 is 0.550 bits per heavy atom. The third-order valence-electron chi connectivity index (χ3n) is 4.85. The lowest BCUT2D eigenvalue weighted by Crippen LogP contribution is -1.98. The van der Waals surface area contributed by atoms with Crippen molar-refractivity contribution in [3.63, 3.8) is 0 Å². The van der Waals surface area contributed by atoms with E-state index in [4.69, 9.17) is 0 Å². The fourth-order valence-electron chi connectivity index (χ4n) is 3.10. The minimum atomic E-state index is 1.11. The van der Waals surface area contributed by atoms with E-state index in [2.05, 4.69) is 65.8 Å². The molecule has 2 rings (SSSR count). The minimum Gasteiger partial charge on any atom is -0.0613 e. The Balaban J connectivity index is 2.64. The van der Waals surface area contributed by atoms with Crippen LogP contribution in [0.4, 0.5) is 0 Å². The number of aryl methyl sites for hydroxylation is 2. The summed E-state index contributed by atoms with van der Waals surface area (Å²) in [6, 6.07) is 9.18. The van der Waals surface area contributed by atoms with Gasteiger partial charge in [0.2, 0.25) is 0 Å². The van der Waals surface area contributed by atoms with Crippen molar-refractivity contribution < 1.29 is 0 Å². The van der Waals surface area contributed by atoms with E-state index >= 15 is 0 Å². The smallest absolute Gasteiger partial charge is 0.0149 e. The van der Waals surface area contributed by atoms with Gasteiger partial charge in [0.15, 0.2) is 0 Å². The molecule has 0 aliphatic heterocycles. The summed E-state index contributed by atoms with van der Waals surface area (Å²) in [7, 11) is 0. The molecule has 0 radical (unpaired) electrons. The summed E-state index contributed by atoms with van der Waals surface area (Å²) in [4.78, 5) is 0. The SMILES string of the molecule is CCc1ccc(-c2ccc(CC)c(C)c2C)c(C)c1C. The minimum absolute atomic E-state index is 1.11. The molecule has 0 aliphatic carbocycles. The van der Waals surface area contributed by atoms with Gasteiger partial charge in [-0.15, -0.1) is 0 Å². The van der Waals surface area contributed by atoms with E-state index in [0.717, 1.165) is 12.8 Å². The lowest BCUT2D eigenvalue weighted by Gasteiger charge is -2.17. The van der Waals surface area contributed by atoms with E-state index in [0.29, 0.717) is 0 Å². The molecule has 0 saturated carbocycles. The zero-order chi connectivity index (χ0) is 14.9. The van der Waals surface area contributed by atoms with Crippen LogP contribution in [-0.2, 0) is 12.8 Å². The van der Waals surface area contributed by atoms with Gasteiger partial charge in [0.1, 0.15) is 0 Å². The van der Waals surface area contributed by atoms with Crippen molar-refractivity contribution in [3.05, 3.63) is 57.6 Å². The highest BCUT2D eigenvalue weighted by Crippen LogP contribution is 2.32. The Labute approximate surface area is 123 Å². The van der Waals surface area contributed by atoms with Gasteiger partial charge in [0.25, 0.3) is 0 Å².